The van der Waals surface area contributed by atoms with Crippen LogP contribution >= 0.6 is 11.3 Å². The Kier molecular flexibility index (Phi) is 6.98. The molecule has 0 aromatic carbocycles. The Labute approximate surface area is 168 Å². The molecule has 2 aliphatic carbocycles. The molecule has 27 heavy (non-hydrogen) atoms. The molecule has 2 aliphatic rings. The first-order chi connectivity index (χ1) is 13.0. The molecule has 0 saturated heterocycles. The Morgan fingerprint density at radius 1 is 1.22 bits per heavy atom. The monoisotopic (exact) mass is 392 g/mol. The van der Waals surface area contributed by atoms with Crippen molar-refractivity contribution >= 4 is 17.2 Å². The Hall–Kier alpha value is -0.910. The average Bonchev–Trinajstić information content (AvgIpc) is 3.18. The van der Waals surface area contributed by atoms with Crippen LogP contribution in [0.15, 0.2) is 12.1 Å². The second-order valence-corrected chi connectivity index (χ2v) is 9.52. The van der Waals surface area contributed by atoms with Gasteiger partial charge >= 0.3 is 0 Å². The number of hydrogen-bond acceptors (Lipinski definition) is 4. The van der Waals surface area contributed by atoms with Crippen LogP contribution in [0.3, 0.4) is 0 Å². The van der Waals surface area contributed by atoms with Gasteiger partial charge in [-0.15, -0.1) is 11.3 Å². The highest BCUT2D eigenvalue weighted by atomic mass is 32.1. The van der Waals surface area contributed by atoms with Crippen molar-refractivity contribution in [2.45, 2.75) is 76.9 Å². The minimum absolute atomic E-state index is 0.307. The predicted octanol–water partition coefficient (Wildman–Crippen LogP) is 4.78. The number of methoxy groups -OCH3 is 1. The van der Waals surface area contributed by atoms with Crippen LogP contribution in [-0.4, -0.2) is 37.0 Å². The highest BCUT2D eigenvalue weighted by Crippen LogP contribution is 2.50. The largest absolute Gasteiger partial charge is 0.372 e. The van der Waals surface area contributed by atoms with Crippen molar-refractivity contribution in [3.63, 3.8) is 0 Å². The van der Waals surface area contributed by atoms with E-state index in [1.54, 1.807) is 0 Å². The van der Waals surface area contributed by atoms with Crippen molar-refractivity contribution in [3.8, 4) is 0 Å². The third-order valence-corrected chi connectivity index (χ3v) is 8.28. The number of rotatable bonds is 7. The van der Waals surface area contributed by atoms with E-state index in [0.29, 0.717) is 16.7 Å². The summed E-state index contributed by atoms with van der Waals surface area (Å²) in [5.74, 6) is 0.549. The summed E-state index contributed by atoms with van der Waals surface area (Å²) in [6.45, 7) is 6.80. The molecule has 0 spiro atoms. The lowest BCUT2D eigenvalue weighted by Crippen LogP contribution is -2.51. The number of carbonyl (C=O) groups excluding carboxylic acids is 1. The molecule has 3 unspecified atom stereocenters. The van der Waals surface area contributed by atoms with E-state index in [0.717, 1.165) is 19.1 Å². The Morgan fingerprint density at radius 3 is 2.56 bits per heavy atom. The first-order valence-electron chi connectivity index (χ1n) is 10.7. The molecule has 2 fully saturated rings. The van der Waals surface area contributed by atoms with Gasteiger partial charge in [-0.25, -0.2) is 0 Å². The highest BCUT2D eigenvalue weighted by molar-refractivity contribution is 7.14. The maximum atomic E-state index is 11.7. The van der Waals surface area contributed by atoms with Crippen molar-refractivity contribution in [2.24, 2.45) is 17.6 Å². The predicted molar refractivity (Wildman–Crippen MR) is 112 cm³/mol. The molecule has 1 aromatic rings. The van der Waals surface area contributed by atoms with E-state index in [4.69, 9.17) is 10.5 Å². The number of hydrogen-bond donors (Lipinski definition) is 1. The van der Waals surface area contributed by atoms with Crippen molar-refractivity contribution in [1.82, 2.24) is 4.90 Å². The maximum Gasteiger partial charge on any atom is 0.258 e. The van der Waals surface area contributed by atoms with Crippen LogP contribution in [0.2, 0.25) is 0 Å². The van der Waals surface area contributed by atoms with Crippen molar-refractivity contribution in [1.29, 1.82) is 0 Å². The average molecular weight is 393 g/mol. The van der Waals surface area contributed by atoms with Crippen molar-refractivity contribution < 1.29 is 9.53 Å². The number of thiophene rings is 1. The Morgan fingerprint density at radius 2 is 1.96 bits per heavy atom. The molecule has 4 nitrogen and oxygen atoms in total. The number of amides is 1. The summed E-state index contributed by atoms with van der Waals surface area (Å²) < 4.78 is 6.35. The minimum atomic E-state index is -0.338. The first-order valence-corrected chi connectivity index (χ1v) is 11.5. The molecule has 0 aliphatic heterocycles. The molecule has 2 saturated carbocycles. The summed E-state index contributed by atoms with van der Waals surface area (Å²) in [5, 5.41) is 0. The quantitative estimate of drug-likeness (QED) is 0.726. The lowest BCUT2D eigenvalue weighted by Gasteiger charge is -2.49. The maximum absolute atomic E-state index is 11.7. The number of ether oxygens (including phenoxy) is 1. The molecular weight excluding hydrogens is 356 g/mol. The number of nitrogens with two attached hydrogens (primary N) is 1. The van der Waals surface area contributed by atoms with E-state index in [1.807, 2.05) is 13.2 Å². The van der Waals surface area contributed by atoms with E-state index >= 15 is 0 Å². The van der Waals surface area contributed by atoms with Crippen LogP contribution in [0.4, 0.5) is 0 Å². The Balaban J connectivity index is 1.88. The Bertz CT molecular complexity index is 626. The van der Waals surface area contributed by atoms with Gasteiger partial charge in [0.15, 0.2) is 0 Å². The van der Waals surface area contributed by atoms with Gasteiger partial charge in [0, 0.05) is 30.5 Å². The number of nitrogens with zero attached hydrogens (tertiary/aromatic N) is 1. The molecular formula is C22H36N2O2S. The van der Waals surface area contributed by atoms with Crippen molar-refractivity contribution in [2.75, 3.05) is 20.2 Å². The molecule has 0 radical (unpaired) electrons. The third kappa shape index (κ3) is 4.10. The molecule has 5 heteroatoms. The van der Waals surface area contributed by atoms with Gasteiger partial charge in [0.25, 0.3) is 5.91 Å². The zero-order chi connectivity index (χ0) is 19.4. The van der Waals surface area contributed by atoms with Crippen LogP contribution in [-0.2, 0) is 10.3 Å². The van der Waals surface area contributed by atoms with E-state index < -0.39 is 0 Å². The SMILES string of the molecule is CCN(CC1CCCC(C)C1(OC)c1ccc(C(N)=O)s1)C1CCCCC1. The van der Waals surface area contributed by atoms with Gasteiger partial charge in [0.2, 0.25) is 0 Å². The van der Waals surface area contributed by atoms with Crippen LogP contribution in [0.1, 0.15) is 79.8 Å². The second kappa shape index (κ2) is 9.06. The molecule has 152 valence electrons. The van der Waals surface area contributed by atoms with E-state index in [9.17, 15) is 4.79 Å². The van der Waals surface area contributed by atoms with Gasteiger partial charge in [-0.1, -0.05) is 39.5 Å². The van der Waals surface area contributed by atoms with Gasteiger partial charge in [0.1, 0.15) is 5.60 Å². The molecule has 3 rings (SSSR count). The van der Waals surface area contributed by atoms with Crippen molar-refractivity contribution in [3.05, 3.63) is 21.9 Å². The van der Waals surface area contributed by atoms with E-state index in [-0.39, 0.29) is 11.5 Å². The van der Waals surface area contributed by atoms with E-state index in [1.165, 1.54) is 67.6 Å². The zero-order valence-corrected chi connectivity index (χ0v) is 18.0. The zero-order valence-electron chi connectivity index (χ0n) is 17.2. The first kappa shape index (κ1) is 20.8. The minimum Gasteiger partial charge on any atom is -0.372 e. The third-order valence-electron chi connectivity index (χ3n) is 7.05. The smallest absolute Gasteiger partial charge is 0.258 e. The lowest BCUT2D eigenvalue weighted by atomic mass is 9.67. The standard InChI is InChI=1S/C22H36N2O2S/c1-4-24(18-11-6-5-7-12-18)15-17-10-8-9-16(2)22(17,26-3)20-14-13-19(27-20)21(23)25/h13-14,16-18H,4-12,15H2,1-3H3,(H2,23,25). The number of carbonyl (C=O) groups is 1. The molecule has 1 amide bonds. The number of primary amides is 1. The molecule has 0 bridgehead atoms. The topological polar surface area (TPSA) is 55.6 Å². The fourth-order valence-electron chi connectivity index (χ4n) is 5.59. The van der Waals surface area contributed by atoms with Gasteiger partial charge < -0.3 is 15.4 Å². The summed E-state index contributed by atoms with van der Waals surface area (Å²) in [6.07, 6.45) is 10.4. The highest BCUT2D eigenvalue weighted by Gasteiger charge is 2.49. The normalized spacial score (nSPS) is 29.9. The van der Waals surface area contributed by atoms with E-state index in [2.05, 4.69) is 24.8 Å². The summed E-state index contributed by atoms with van der Waals surface area (Å²) >= 11 is 1.53. The van der Waals surface area contributed by atoms with Crippen LogP contribution < -0.4 is 5.73 Å². The fraction of sp³-hybridized carbons (Fsp3) is 0.773. The summed E-state index contributed by atoms with van der Waals surface area (Å²) in [7, 11) is 1.86. The van der Waals surface area contributed by atoms with Gasteiger partial charge in [-0.3, -0.25) is 4.79 Å². The molecule has 2 N–H and O–H groups in total. The van der Waals surface area contributed by atoms with Crippen LogP contribution in [0.5, 0.6) is 0 Å². The molecule has 1 heterocycles. The summed E-state index contributed by atoms with van der Waals surface area (Å²) in [5.41, 5.74) is 5.23. The summed E-state index contributed by atoms with van der Waals surface area (Å²) in [6, 6.07) is 4.68. The van der Waals surface area contributed by atoms with Gasteiger partial charge in [-0.2, -0.15) is 0 Å². The molecule has 3 atom stereocenters. The lowest BCUT2D eigenvalue weighted by molar-refractivity contribution is -0.132. The van der Waals surface area contributed by atoms with Crippen LogP contribution in [0.25, 0.3) is 0 Å². The van der Waals surface area contributed by atoms with Gasteiger partial charge in [-0.05, 0) is 50.3 Å². The summed E-state index contributed by atoms with van der Waals surface area (Å²) in [4.78, 5) is 16.2. The fourth-order valence-corrected chi connectivity index (χ4v) is 6.81. The van der Waals surface area contributed by atoms with Crippen LogP contribution in [0, 0.1) is 11.8 Å². The van der Waals surface area contributed by atoms with Gasteiger partial charge in [0.05, 0.1) is 4.88 Å². The second-order valence-electron chi connectivity index (χ2n) is 8.43. The molecule has 1 aromatic heterocycles.